The maximum atomic E-state index is 11.4. The maximum absolute atomic E-state index is 11.4. The van der Waals surface area contributed by atoms with Crippen LogP contribution in [-0.2, 0) is 0 Å². The Bertz CT molecular complexity index is 318. The molecule has 0 saturated carbocycles. The van der Waals surface area contributed by atoms with Gasteiger partial charge in [0, 0.05) is 17.8 Å². The lowest BCUT2D eigenvalue weighted by Gasteiger charge is -2.18. The van der Waals surface area contributed by atoms with Crippen molar-refractivity contribution in [2.75, 3.05) is 0 Å². The van der Waals surface area contributed by atoms with E-state index >= 15 is 0 Å². The zero-order valence-electron chi connectivity index (χ0n) is 8.70. The van der Waals surface area contributed by atoms with Crippen molar-refractivity contribution in [3.05, 3.63) is 36.4 Å². The van der Waals surface area contributed by atoms with Gasteiger partial charge in [-0.1, -0.05) is 0 Å². The molecule has 0 fully saturated rings. The lowest BCUT2D eigenvalue weighted by Crippen LogP contribution is -2.31. The molecule has 3 nitrogen and oxygen atoms in total. The Labute approximate surface area is 83.8 Å². The summed E-state index contributed by atoms with van der Waals surface area (Å²) in [6, 6.07) is 3.34. The van der Waals surface area contributed by atoms with Crippen molar-refractivity contribution in [1.82, 2.24) is 5.32 Å². The third kappa shape index (κ3) is 3.47. The number of carbonyl (C=O) groups excluding carboxylic acids is 1. The molecule has 0 radical (unpaired) electrons. The summed E-state index contributed by atoms with van der Waals surface area (Å²) in [7, 11) is 0. The number of rotatable bonds is 3. The molecular weight excluding hydrogens is 178 g/mol. The molecular formula is C11H15NO2. The van der Waals surface area contributed by atoms with E-state index in [0.717, 1.165) is 0 Å². The van der Waals surface area contributed by atoms with E-state index in [0.29, 0.717) is 5.76 Å². The second-order valence-corrected chi connectivity index (χ2v) is 4.07. The normalized spacial score (nSPS) is 11.9. The Balaban J connectivity index is 2.50. The topological polar surface area (TPSA) is 42.2 Å². The number of ketones is 1. The standard InChI is InChI=1S/C11H15NO2/c1-11(2,3)12-7-6-9(13)10-5-4-8-14-10/h4-8,12H,1-3H3/b7-6-. The highest BCUT2D eigenvalue weighted by Gasteiger charge is 2.06. The van der Waals surface area contributed by atoms with E-state index < -0.39 is 0 Å². The fourth-order valence-corrected chi connectivity index (χ4v) is 0.868. The van der Waals surface area contributed by atoms with Crippen LogP contribution in [0, 0.1) is 0 Å². The fourth-order valence-electron chi connectivity index (χ4n) is 0.868. The first-order chi connectivity index (χ1) is 6.49. The summed E-state index contributed by atoms with van der Waals surface area (Å²) in [5, 5.41) is 3.07. The van der Waals surface area contributed by atoms with Crippen LogP contribution in [0.1, 0.15) is 31.3 Å². The highest BCUT2D eigenvalue weighted by molar-refractivity contribution is 6.02. The molecule has 1 N–H and O–H groups in total. The van der Waals surface area contributed by atoms with Crippen LogP contribution in [0.2, 0.25) is 0 Å². The molecule has 76 valence electrons. The largest absolute Gasteiger partial charge is 0.461 e. The van der Waals surface area contributed by atoms with Gasteiger partial charge < -0.3 is 9.73 Å². The first kappa shape index (κ1) is 10.6. The van der Waals surface area contributed by atoms with Gasteiger partial charge in [0.1, 0.15) is 0 Å². The minimum absolute atomic E-state index is 0.0278. The molecule has 0 amide bonds. The second-order valence-electron chi connectivity index (χ2n) is 4.07. The zero-order valence-corrected chi connectivity index (χ0v) is 8.70. The van der Waals surface area contributed by atoms with E-state index in [4.69, 9.17) is 4.42 Å². The average molecular weight is 193 g/mol. The summed E-state index contributed by atoms with van der Waals surface area (Å²) in [6.45, 7) is 6.07. The average Bonchev–Trinajstić information content (AvgIpc) is 2.53. The first-order valence-corrected chi connectivity index (χ1v) is 4.51. The Morgan fingerprint density at radius 2 is 2.21 bits per heavy atom. The number of carbonyl (C=O) groups is 1. The van der Waals surface area contributed by atoms with Crippen molar-refractivity contribution in [2.24, 2.45) is 0 Å². The molecule has 3 heteroatoms. The predicted octanol–water partition coefficient (Wildman–Crippen LogP) is 2.36. The molecule has 0 aliphatic heterocycles. The number of hydrogen-bond donors (Lipinski definition) is 1. The summed E-state index contributed by atoms with van der Waals surface area (Å²) in [5.74, 6) is 0.226. The van der Waals surface area contributed by atoms with Gasteiger partial charge >= 0.3 is 0 Å². The van der Waals surface area contributed by atoms with Gasteiger partial charge in [-0.3, -0.25) is 4.79 Å². The van der Waals surface area contributed by atoms with Crippen LogP contribution < -0.4 is 5.32 Å². The molecule has 1 heterocycles. The van der Waals surface area contributed by atoms with Crippen LogP contribution in [0.3, 0.4) is 0 Å². The molecule has 0 unspecified atom stereocenters. The van der Waals surface area contributed by atoms with Crippen LogP contribution in [0.15, 0.2) is 35.1 Å². The van der Waals surface area contributed by atoms with Gasteiger partial charge in [-0.2, -0.15) is 0 Å². The highest BCUT2D eigenvalue weighted by atomic mass is 16.3. The highest BCUT2D eigenvalue weighted by Crippen LogP contribution is 2.02. The van der Waals surface area contributed by atoms with Gasteiger partial charge in [0.25, 0.3) is 0 Å². The van der Waals surface area contributed by atoms with E-state index in [9.17, 15) is 4.79 Å². The molecule has 14 heavy (non-hydrogen) atoms. The van der Waals surface area contributed by atoms with Crippen LogP contribution in [0.25, 0.3) is 0 Å². The Morgan fingerprint density at radius 3 is 2.71 bits per heavy atom. The molecule has 1 aromatic heterocycles. The summed E-state index contributed by atoms with van der Waals surface area (Å²) in [6.07, 6.45) is 4.59. The third-order valence-electron chi connectivity index (χ3n) is 1.52. The van der Waals surface area contributed by atoms with Crippen molar-refractivity contribution < 1.29 is 9.21 Å². The molecule has 0 atom stereocenters. The Morgan fingerprint density at radius 1 is 1.50 bits per heavy atom. The molecule has 0 bridgehead atoms. The molecule has 1 aromatic rings. The number of allylic oxidation sites excluding steroid dienone is 1. The smallest absolute Gasteiger partial charge is 0.222 e. The Hall–Kier alpha value is -1.51. The van der Waals surface area contributed by atoms with Gasteiger partial charge in [0.2, 0.25) is 5.78 Å². The SMILES string of the molecule is CC(C)(C)N/C=C\C(=O)c1ccco1. The predicted molar refractivity (Wildman–Crippen MR) is 55.1 cm³/mol. The van der Waals surface area contributed by atoms with Crippen molar-refractivity contribution in [3.63, 3.8) is 0 Å². The molecule has 0 spiro atoms. The van der Waals surface area contributed by atoms with E-state index in [1.807, 2.05) is 20.8 Å². The number of hydrogen-bond acceptors (Lipinski definition) is 3. The lowest BCUT2D eigenvalue weighted by molar-refractivity contribution is 0.102. The quantitative estimate of drug-likeness (QED) is 0.592. The fraction of sp³-hybridized carbons (Fsp3) is 0.364. The van der Waals surface area contributed by atoms with E-state index in [1.54, 1.807) is 18.3 Å². The van der Waals surface area contributed by atoms with Crippen molar-refractivity contribution in [2.45, 2.75) is 26.3 Å². The van der Waals surface area contributed by atoms with E-state index in [-0.39, 0.29) is 11.3 Å². The van der Waals surface area contributed by atoms with Crippen molar-refractivity contribution in [1.29, 1.82) is 0 Å². The minimum atomic E-state index is -0.133. The van der Waals surface area contributed by atoms with Gasteiger partial charge in [-0.05, 0) is 32.9 Å². The lowest BCUT2D eigenvalue weighted by atomic mass is 10.1. The van der Waals surface area contributed by atoms with Crippen molar-refractivity contribution >= 4 is 5.78 Å². The first-order valence-electron chi connectivity index (χ1n) is 4.51. The second kappa shape index (κ2) is 4.13. The summed E-state index contributed by atoms with van der Waals surface area (Å²) < 4.78 is 4.95. The van der Waals surface area contributed by atoms with Crippen LogP contribution in [0.5, 0.6) is 0 Å². The summed E-state index contributed by atoms with van der Waals surface area (Å²) in [4.78, 5) is 11.4. The Kier molecular flexibility index (Phi) is 3.12. The number of furan rings is 1. The maximum Gasteiger partial charge on any atom is 0.222 e. The minimum Gasteiger partial charge on any atom is -0.461 e. The molecule has 0 aliphatic rings. The van der Waals surface area contributed by atoms with E-state index in [2.05, 4.69) is 5.32 Å². The third-order valence-corrected chi connectivity index (χ3v) is 1.52. The molecule has 1 rings (SSSR count). The molecule has 0 aromatic carbocycles. The van der Waals surface area contributed by atoms with Crippen LogP contribution in [-0.4, -0.2) is 11.3 Å². The zero-order chi connectivity index (χ0) is 10.6. The van der Waals surface area contributed by atoms with Gasteiger partial charge in [-0.25, -0.2) is 0 Å². The van der Waals surface area contributed by atoms with E-state index in [1.165, 1.54) is 12.3 Å². The summed E-state index contributed by atoms with van der Waals surface area (Å²) in [5.41, 5.74) is -0.0278. The summed E-state index contributed by atoms with van der Waals surface area (Å²) >= 11 is 0. The number of nitrogens with one attached hydrogen (secondary N) is 1. The molecule has 0 aliphatic carbocycles. The van der Waals surface area contributed by atoms with Crippen molar-refractivity contribution in [3.8, 4) is 0 Å². The van der Waals surface area contributed by atoms with Gasteiger partial charge in [-0.15, -0.1) is 0 Å². The van der Waals surface area contributed by atoms with Crippen LogP contribution in [0.4, 0.5) is 0 Å². The molecule has 0 saturated heterocycles. The monoisotopic (exact) mass is 193 g/mol. The van der Waals surface area contributed by atoms with Gasteiger partial charge in [0.15, 0.2) is 5.76 Å². The van der Waals surface area contributed by atoms with Crippen LogP contribution >= 0.6 is 0 Å². The van der Waals surface area contributed by atoms with Gasteiger partial charge in [0.05, 0.1) is 6.26 Å².